The van der Waals surface area contributed by atoms with Crippen LogP contribution in [-0.4, -0.2) is 60.5 Å². The number of piperazine rings is 1. The average Bonchev–Trinajstić information content (AvgIpc) is 3.93. The zero-order valence-electron chi connectivity index (χ0n) is 23.6. The molecular formula is C32H33FN8O. The van der Waals surface area contributed by atoms with E-state index in [-0.39, 0.29) is 28.7 Å². The first-order chi connectivity index (χ1) is 20.4. The Bertz CT molecular complexity index is 1600. The summed E-state index contributed by atoms with van der Waals surface area (Å²) in [5, 5.41) is 15.9. The van der Waals surface area contributed by atoms with Crippen LogP contribution in [0.4, 0.5) is 38.9 Å². The van der Waals surface area contributed by atoms with Crippen LogP contribution in [0.5, 0.6) is 0 Å². The summed E-state index contributed by atoms with van der Waals surface area (Å²) in [6.45, 7) is 4.63. The number of rotatable bonds is 7. The van der Waals surface area contributed by atoms with Gasteiger partial charge in [0.25, 0.3) is 5.91 Å². The molecule has 2 saturated carbocycles. The fourth-order valence-corrected chi connectivity index (χ4v) is 5.92. The number of nitrogens with one attached hydrogen (secondary N) is 2. The van der Waals surface area contributed by atoms with Crippen molar-refractivity contribution in [2.45, 2.75) is 31.1 Å². The van der Waals surface area contributed by atoms with Gasteiger partial charge in [0.1, 0.15) is 11.6 Å². The van der Waals surface area contributed by atoms with Crippen molar-refractivity contribution < 1.29 is 9.18 Å². The fourth-order valence-electron chi connectivity index (χ4n) is 5.92. The molecule has 2 N–H and O–H groups in total. The highest BCUT2D eigenvalue weighted by Crippen LogP contribution is 2.57. The Hall–Kier alpha value is -4.49. The molecule has 3 aromatic rings. The van der Waals surface area contributed by atoms with Crippen molar-refractivity contribution in [1.82, 2.24) is 14.9 Å². The zero-order valence-corrected chi connectivity index (χ0v) is 23.6. The third-order valence-electron chi connectivity index (χ3n) is 8.79. The molecule has 1 spiro atoms. The minimum Gasteiger partial charge on any atom is -0.369 e. The molecule has 2 aliphatic carbocycles. The molecule has 0 unspecified atom stereocenters. The maximum Gasteiger partial charge on any atom is 0.268 e. The molecular weight excluding hydrogens is 531 g/mol. The van der Waals surface area contributed by atoms with Crippen molar-refractivity contribution in [1.29, 1.82) is 5.26 Å². The Morgan fingerprint density at radius 1 is 1.07 bits per heavy atom. The van der Waals surface area contributed by atoms with E-state index in [4.69, 9.17) is 0 Å². The smallest absolute Gasteiger partial charge is 0.268 e. The number of fused-ring (bicyclic) bond motifs is 2. The summed E-state index contributed by atoms with van der Waals surface area (Å²) in [6, 6.07) is 16.0. The van der Waals surface area contributed by atoms with Crippen molar-refractivity contribution in [3.05, 3.63) is 71.7 Å². The number of allylic oxidation sites excluding steroid dienone is 1. The molecule has 1 aromatic heterocycles. The van der Waals surface area contributed by atoms with E-state index in [1.165, 1.54) is 0 Å². The summed E-state index contributed by atoms with van der Waals surface area (Å²) in [6.07, 6.45) is 7.02. The molecule has 9 nitrogen and oxygen atoms in total. The first-order valence-corrected chi connectivity index (χ1v) is 14.6. The van der Waals surface area contributed by atoms with Gasteiger partial charge in [0.15, 0.2) is 11.6 Å². The topological polar surface area (TPSA) is 100 Å². The van der Waals surface area contributed by atoms with Crippen LogP contribution in [0.25, 0.3) is 0 Å². The quantitative estimate of drug-likeness (QED) is 0.302. The normalized spacial score (nSPS) is 19.4. The lowest BCUT2D eigenvalue weighted by Gasteiger charge is -2.34. The van der Waals surface area contributed by atoms with Crippen LogP contribution in [0, 0.1) is 23.1 Å². The Morgan fingerprint density at radius 2 is 1.81 bits per heavy atom. The second-order valence-electron chi connectivity index (χ2n) is 11.9. The molecule has 4 aliphatic rings. The number of amides is 1. The molecule has 3 fully saturated rings. The number of aromatic nitrogens is 2. The van der Waals surface area contributed by atoms with Crippen molar-refractivity contribution in [3.63, 3.8) is 0 Å². The molecule has 7 rings (SSSR count). The van der Waals surface area contributed by atoms with Crippen LogP contribution in [0.1, 0.15) is 31.2 Å². The minimum atomic E-state index is -0.586. The van der Waals surface area contributed by atoms with E-state index < -0.39 is 5.82 Å². The molecule has 2 aliphatic heterocycles. The highest BCUT2D eigenvalue weighted by Gasteiger charge is 2.53. The number of anilines is 6. The summed E-state index contributed by atoms with van der Waals surface area (Å²) in [4.78, 5) is 28.3. The molecule has 214 valence electrons. The summed E-state index contributed by atoms with van der Waals surface area (Å²) in [7, 11) is 2.14. The van der Waals surface area contributed by atoms with Gasteiger partial charge in [-0.3, -0.25) is 4.79 Å². The second kappa shape index (κ2) is 10.4. The summed E-state index contributed by atoms with van der Waals surface area (Å²) >= 11 is 0. The summed E-state index contributed by atoms with van der Waals surface area (Å²) in [5.74, 6) is -0.219. The Kier molecular flexibility index (Phi) is 6.54. The summed E-state index contributed by atoms with van der Waals surface area (Å²) < 4.78 is 14.8. The van der Waals surface area contributed by atoms with E-state index in [1.54, 1.807) is 4.90 Å². The molecule has 2 aromatic carbocycles. The Labute approximate surface area is 244 Å². The number of carbonyl (C=O) groups is 1. The SMILES string of the molecule is CN1CCN(c2ccc(Nc3ncc(F)c(Nc4ccc5c(c4)N(C(=O)C(C#N)=CC4CC4)CC54CC4)n3)cc2)CC1. The first kappa shape index (κ1) is 26.4. The van der Waals surface area contributed by atoms with Crippen molar-refractivity contribution >= 4 is 40.4 Å². The van der Waals surface area contributed by atoms with Crippen LogP contribution < -0.4 is 20.4 Å². The largest absolute Gasteiger partial charge is 0.369 e. The highest BCUT2D eigenvalue weighted by atomic mass is 19.1. The zero-order chi connectivity index (χ0) is 28.8. The van der Waals surface area contributed by atoms with E-state index in [2.05, 4.69) is 55.7 Å². The number of nitrogens with zero attached hydrogens (tertiary/aromatic N) is 6. The van der Waals surface area contributed by atoms with Gasteiger partial charge in [-0.2, -0.15) is 10.2 Å². The average molecular weight is 565 g/mol. The van der Waals surface area contributed by atoms with Crippen molar-refractivity contribution in [3.8, 4) is 6.07 Å². The van der Waals surface area contributed by atoms with E-state index >= 15 is 0 Å². The van der Waals surface area contributed by atoms with E-state index in [1.807, 2.05) is 36.4 Å². The number of benzene rings is 2. The highest BCUT2D eigenvalue weighted by molar-refractivity contribution is 6.10. The number of likely N-dealkylation sites (N-methyl/N-ethyl adjacent to an activating group) is 1. The Morgan fingerprint density at radius 3 is 2.50 bits per heavy atom. The first-order valence-electron chi connectivity index (χ1n) is 14.6. The van der Waals surface area contributed by atoms with E-state index in [0.717, 1.165) is 80.7 Å². The van der Waals surface area contributed by atoms with Gasteiger partial charge in [0, 0.05) is 60.9 Å². The third kappa shape index (κ3) is 5.16. The third-order valence-corrected chi connectivity index (χ3v) is 8.79. The van der Waals surface area contributed by atoms with Crippen LogP contribution in [0.2, 0.25) is 0 Å². The second-order valence-corrected chi connectivity index (χ2v) is 11.9. The summed E-state index contributed by atoms with van der Waals surface area (Å²) in [5.41, 5.74) is 4.62. The van der Waals surface area contributed by atoms with E-state index in [0.29, 0.717) is 18.2 Å². The van der Waals surface area contributed by atoms with Gasteiger partial charge in [-0.1, -0.05) is 12.1 Å². The van der Waals surface area contributed by atoms with Gasteiger partial charge in [-0.05, 0) is 80.6 Å². The number of nitriles is 1. The van der Waals surface area contributed by atoms with Crippen LogP contribution in [0.15, 0.2) is 60.3 Å². The fraction of sp³-hybridized carbons (Fsp3) is 0.375. The van der Waals surface area contributed by atoms with Crippen molar-refractivity contribution in [2.75, 3.05) is 60.2 Å². The van der Waals surface area contributed by atoms with Crippen molar-refractivity contribution in [2.24, 2.45) is 5.92 Å². The number of halogens is 1. The molecule has 0 radical (unpaired) electrons. The predicted octanol–water partition coefficient (Wildman–Crippen LogP) is 5.09. The maximum atomic E-state index is 14.8. The van der Waals surface area contributed by atoms with Gasteiger partial charge in [0.05, 0.1) is 6.20 Å². The maximum absolute atomic E-state index is 14.8. The standard InChI is InChI=1S/C32H33FN8O/c1-39-12-14-40(15-13-39)25-7-4-23(5-8-25)37-31-35-19-27(33)29(38-31)36-24-6-9-26-28(17-24)41(20-32(26)10-11-32)30(42)22(18-34)16-21-2-3-21/h4-9,16-17,19,21H,2-3,10-15,20H2,1H3,(H2,35,36,37,38). The van der Waals surface area contributed by atoms with Gasteiger partial charge in [-0.15, -0.1) is 0 Å². The molecule has 10 heteroatoms. The van der Waals surface area contributed by atoms with Gasteiger partial charge >= 0.3 is 0 Å². The lowest BCUT2D eigenvalue weighted by atomic mass is 9.98. The van der Waals surface area contributed by atoms with Gasteiger partial charge in [-0.25, -0.2) is 9.37 Å². The van der Waals surface area contributed by atoms with Crippen LogP contribution in [-0.2, 0) is 10.2 Å². The lowest BCUT2D eigenvalue weighted by molar-refractivity contribution is -0.114. The molecule has 1 saturated heterocycles. The van der Waals surface area contributed by atoms with Gasteiger partial charge < -0.3 is 25.3 Å². The van der Waals surface area contributed by atoms with Crippen LogP contribution in [0.3, 0.4) is 0 Å². The minimum absolute atomic E-state index is 0.0323. The lowest BCUT2D eigenvalue weighted by Crippen LogP contribution is -2.44. The molecule has 0 bridgehead atoms. The molecule has 0 atom stereocenters. The number of carbonyl (C=O) groups excluding carboxylic acids is 1. The number of hydrogen-bond acceptors (Lipinski definition) is 8. The van der Waals surface area contributed by atoms with Crippen LogP contribution >= 0.6 is 0 Å². The van der Waals surface area contributed by atoms with E-state index in [9.17, 15) is 14.4 Å². The predicted molar refractivity (Wildman–Crippen MR) is 161 cm³/mol. The molecule has 3 heterocycles. The molecule has 1 amide bonds. The monoisotopic (exact) mass is 564 g/mol. The molecule has 42 heavy (non-hydrogen) atoms. The van der Waals surface area contributed by atoms with Gasteiger partial charge in [0.2, 0.25) is 5.95 Å². The number of hydrogen-bond donors (Lipinski definition) is 2. The Balaban J connectivity index is 1.08.